The maximum atomic E-state index is 15.4. The third kappa shape index (κ3) is 7.93. The minimum Gasteiger partial charge on any atom is -0.377 e. The molecule has 0 N–H and O–H groups in total. The zero-order valence-corrected chi connectivity index (χ0v) is 33.8. The molecule has 62 heavy (non-hydrogen) atoms. The van der Waals surface area contributed by atoms with Crippen LogP contribution in [0.2, 0.25) is 0 Å². The summed E-state index contributed by atoms with van der Waals surface area (Å²) in [6, 6.07) is 31.7. The molecule has 10 rings (SSSR count). The second-order valence-corrected chi connectivity index (χ2v) is 15.1. The second kappa shape index (κ2) is 17.6. The van der Waals surface area contributed by atoms with Gasteiger partial charge in [0, 0.05) is 49.0 Å². The summed E-state index contributed by atoms with van der Waals surface area (Å²) in [5.74, 6) is 1.13. The topological polar surface area (TPSA) is 155 Å². The number of anilines is 2. The lowest BCUT2D eigenvalue weighted by molar-refractivity contribution is 0.0940. The molecule has 4 aromatic heterocycles. The van der Waals surface area contributed by atoms with Gasteiger partial charge >= 0.3 is 0 Å². The van der Waals surface area contributed by atoms with Crippen molar-refractivity contribution in [3.8, 4) is 34.2 Å². The second-order valence-electron chi connectivity index (χ2n) is 15.1. The van der Waals surface area contributed by atoms with E-state index in [0.717, 1.165) is 33.6 Å². The Balaban J connectivity index is 1.02. The molecule has 0 aliphatic carbocycles. The van der Waals surface area contributed by atoms with Crippen molar-refractivity contribution in [2.75, 3.05) is 49.3 Å². The first-order valence-corrected chi connectivity index (χ1v) is 20.6. The molecule has 0 unspecified atom stereocenters. The number of rotatable bonds is 12. The molecule has 15 nitrogen and oxygen atoms in total. The van der Waals surface area contributed by atoms with Crippen molar-refractivity contribution in [3.63, 3.8) is 0 Å². The van der Waals surface area contributed by atoms with Gasteiger partial charge in [0.05, 0.1) is 85.8 Å². The molecular formula is C47H42N12O3. The lowest BCUT2D eigenvalue weighted by atomic mass is 9.95. The molecule has 4 aromatic carbocycles. The molecular weight excluding hydrogens is 781 g/mol. The normalized spacial score (nSPS) is 16.6. The van der Waals surface area contributed by atoms with E-state index >= 15 is 4.79 Å². The quantitative estimate of drug-likeness (QED) is 0.135. The minimum atomic E-state index is -0.214. The fourth-order valence-corrected chi connectivity index (χ4v) is 8.52. The molecule has 2 atom stereocenters. The Hall–Kier alpha value is -7.49. The van der Waals surface area contributed by atoms with Gasteiger partial charge in [-0.05, 0) is 72.5 Å². The van der Waals surface area contributed by atoms with Crippen molar-refractivity contribution < 1.29 is 14.3 Å². The molecule has 0 amide bonds. The molecule has 0 spiro atoms. The highest BCUT2D eigenvalue weighted by Crippen LogP contribution is 2.36. The van der Waals surface area contributed by atoms with Gasteiger partial charge in [-0.15, -0.1) is 9.59 Å². The largest absolute Gasteiger partial charge is 0.377 e. The molecule has 0 saturated carbocycles. The van der Waals surface area contributed by atoms with Crippen molar-refractivity contribution in [2.45, 2.75) is 24.9 Å². The summed E-state index contributed by atoms with van der Waals surface area (Å²) in [5.41, 5.74) is 7.83. The van der Waals surface area contributed by atoms with Crippen LogP contribution < -0.4 is 9.80 Å². The number of para-hydroxylation sites is 2. The monoisotopic (exact) mass is 822 g/mol. The summed E-state index contributed by atoms with van der Waals surface area (Å²) in [4.78, 5) is 41.0. The van der Waals surface area contributed by atoms with Gasteiger partial charge < -0.3 is 19.3 Å². The summed E-state index contributed by atoms with van der Waals surface area (Å²) in [5, 5.41) is 18.4. The Labute approximate surface area is 357 Å². The highest BCUT2D eigenvalue weighted by atomic mass is 16.5. The van der Waals surface area contributed by atoms with Crippen LogP contribution in [0.15, 0.2) is 147 Å². The third-order valence-electron chi connectivity index (χ3n) is 11.3. The Kier molecular flexibility index (Phi) is 11.0. The average molecular weight is 823 g/mol. The first-order valence-electron chi connectivity index (χ1n) is 20.6. The average Bonchev–Trinajstić information content (AvgIpc) is 4.09. The number of ether oxygens (including phenoxy) is 2. The van der Waals surface area contributed by atoms with Gasteiger partial charge in [0.25, 0.3) is 0 Å². The Morgan fingerprint density at radius 2 is 0.935 bits per heavy atom. The van der Waals surface area contributed by atoms with Gasteiger partial charge in [-0.3, -0.25) is 4.79 Å². The van der Waals surface area contributed by atoms with Crippen LogP contribution in [-0.4, -0.2) is 107 Å². The summed E-state index contributed by atoms with van der Waals surface area (Å²) >= 11 is 0. The van der Waals surface area contributed by atoms with E-state index in [1.807, 2.05) is 72.8 Å². The van der Waals surface area contributed by atoms with Crippen LogP contribution in [0.1, 0.15) is 27.0 Å². The standard InChI is InChI=1S/C47H42N12O3/c60-45(39-11-3-13-41(43(39)58-52-19-20-53-58)56-23-25-61-31-37(56)29-33-7-1-9-35(27-33)46-48-15-5-16-49-46)40-12-4-14-42(44(40)59-54-21-22-55-59)57-24-26-62-32-38(57)30-34-8-2-10-36(28-34)47-50-17-6-18-51-47/h1-22,27-28,37-38H,23-26,29-32H2/t37-,38-/m1/s1. The SMILES string of the molecule is O=C(c1cccc(N2CCOC[C@H]2Cc2cccc(-c3ncccn3)c2)c1-n1nccn1)c1cccc(N2CCOC[C@H]2Cc2cccc(-c3ncccn3)c2)c1-n1nccn1. The van der Waals surface area contributed by atoms with Gasteiger partial charge in [0.2, 0.25) is 0 Å². The van der Waals surface area contributed by atoms with E-state index < -0.39 is 0 Å². The van der Waals surface area contributed by atoms with Crippen molar-refractivity contribution in [1.29, 1.82) is 0 Å². The fraction of sp³-hybridized carbons (Fsp3) is 0.213. The van der Waals surface area contributed by atoms with E-state index in [9.17, 15) is 0 Å². The number of nitrogens with zero attached hydrogens (tertiary/aromatic N) is 12. The van der Waals surface area contributed by atoms with Crippen LogP contribution in [0.25, 0.3) is 34.2 Å². The van der Waals surface area contributed by atoms with E-state index in [4.69, 9.17) is 9.47 Å². The van der Waals surface area contributed by atoms with Gasteiger partial charge in [-0.2, -0.15) is 20.4 Å². The number of morpholine rings is 2. The van der Waals surface area contributed by atoms with Gasteiger partial charge in [0.1, 0.15) is 11.4 Å². The summed E-state index contributed by atoms with van der Waals surface area (Å²) < 4.78 is 12.2. The van der Waals surface area contributed by atoms with Crippen LogP contribution in [0.3, 0.4) is 0 Å². The van der Waals surface area contributed by atoms with Crippen molar-refractivity contribution in [3.05, 3.63) is 169 Å². The van der Waals surface area contributed by atoms with Crippen molar-refractivity contribution in [1.82, 2.24) is 49.9 Å². The van der Waals surface area contributed by atoms with Gasteiger partial charge in [-0.25, -0.2) is 19.9 Å². The first-order chi connectivity index (χ1) is 30.7. The van der Waals surface area contributed by atoms with Crippen LogP contribution in [-0.2, 0) is 22.3 Å². The number of hydrogen-bond acceptors (Lipinski definition) is 13. The Morgan fingerprint density at radius 3 is 1.37 bits per heavy atom. The van der Waals surface area contributed by atoms with Gasteiger partial charge in [-0.1, -0.05) is 48.5 Å². The fourth-order valence-electron chi connectivity index (χ4n) is 8.52. The van der Waals surface area contributed by atoms with E-state index in [0.29, 0.717) is 86.5 Å². The van der Waals surface area contributed by atoms with Crippen LogP contribution in [0, 0.1) is 0 Å². The molecule has 2 aliphatic heterocycles. The molecule has 0 bridgehead atoms. The number of carbonyl (C=O) groups excluding carboxylic acids is 1. The predicted molar refractivity (Wildman–Crippen MR) is 232 cm³/mol. The van der Waals surface area contributed by atoms with Crippen molar-refractivity contribution in [2.24, 2.45) is 0 Å². The molecule has 2 aliphatic rings. The number of hydrogen-bond donors (Lipinski definition) is 0. The third-order valence-corrected chi connectivity index (χ3v) is 11.3. The summed E-state index contributed by atoms with van der Waals surface area (Å²) in [6.07, 6.45) is 14.9. The summed E-state index contributed by atoms with van der Waals surface area (Å²) in [6.45, 7) is 3.27. The highest BCUT2D eigenvalue weighted by Gasteiger charge is 2.33. The Morgan fingerprint density at radius 1 is 0.516 bits per heavy atom. The molecule has 2 saturated heterocycles. The number of ketones is 1. The van der Waals surface area contributed by atoms with Crippen LogP contribution >= 0.6 is 0 Å². The predicted octanol–water partition coefficient (Wildman–Crippen LogP) is 5.89. The number of carbonyl (C=O) groups is 1. The molecule has 8 aromatic rings. The maximum Gasteiger partial charge on any atom is 0.197 e. The van der Waals surface area contributed by atoms with Gasteiger partial charge in [0.15, 0.2) is 17.4 Å². The summed E-state index contributed by atoms with van der Waals surface area (Å²) in [7, 11) is 0. The zero-order chi connectivity index (χ0) is 41.7. The number of aromatic nitrogens is 10. The zero-order valence-electron chi connectivity index (χ0n) is 33.8. The highest BCUT2D eigenvalue weighted by molar-refractivity contribution is 6.15. The smallest absolute Gasteiger partial charge is 0.197 e. The van der Waals surface area contributed by atoms with E-state index in [1.165, 1.54) is 0 Å². The Bertz CT molecular complexity index is 2580. The van der Waals surface area contributed by atoms with E-state index in [-0.39, 0.29) is 17.9 Å². The van der Waals surface area contributed by atoms with Crippen LogP contribution in [0.5, 0.6) is 0 Å². The minimum absolute atomic E-state index is 0.0540. The van der Waals surface area contributed by atoms with E-state index in [2.05, 4.69) is 74.4 Å². The van der Waals surface area contributed by atoms with Crippen LogP contribution in [0.4, 0.5) is 11.4 Å². The molecule has 15 heteroatoms. The first kappa shape index (κ1) is 38.7. The maximum absolute atomic E-state index is 15.4. The van der Waals surface area contributed by atoms with Crippen molar-refractivity contribution >= 4 is 17.2 Å². The number of benzene rings is 4. The van der Waals surface area contributed by atoms with E-state index in [1.54, 1.807) is 59.2 Å². The molecule has 6 heterocycles. The molecule has 2 fully saturated rings. The molecule has 0 radical (unpaired) electrons. The lowest BCUT2D eigenvalue weighted by Gasteiger charge is -2.39. The molecule has 308 valence electrons. The lowest BCUT2D eigenvalue weighted by Crippen LogP contribution is -2.47.